The van der Waals surface area contributed by atoms with Crippen LogP contribution >= 0.6 is 0 Å². The van der Waals surface area contributed by atoms with E-state index in [2.05, 4.69) is 39.0 Å². The molecule has 1 fully saturated rings. The molecule has 2 atom stereocenters. The van der Waals surface area contributed by atoms with Gasteiger partial charge >= 0.3 is 0 Å². The fourth-order valence-electron chi connectivity index (χ4n) is 3.22. The van der Waals surface area contributed by atoms with Crippen molar-refractivity contribution in [3.05, 3.63) is 34.9 Å². The summed E-state index contributed by atoms with van der Waals surface area (Å²) in [6, 6.07) is 7.05. The average molecular weight is 186 g/mol. The molecule has 0 heterocycles. The van der Waals surface area contributed by atoms with Crippen LogP contribution in [0, 0.1) is 12.8 Å². The Kier molecular flexibility index (Phi) is 1.47. The molecule has 0 heteroatoms. The number of fused-ring (bicyclic) bond motifs is 3. The van der Waals surface area contributed by atoms with Crippen molar-refractivity contribution in [2.24, 2.45) is 5.92 Å². The van der Waals surface area contributed by atoms with Crippen LogP contribution < -0.4 is 0 Å². The van der Waals surface area contributed by atoms with Gasteiger partial charge in [0, 0.05) is 0 Å². The third-order valence-electron chi connectivity index (χ3n) is 4.03. The van der Waals surface area contributed by atoms with Crippen LogP contribution in [-0.4, -0.2) is 0 Å². The molecule has 0 nitrogen and oxygen atoms in total. The molecule has 0 amide bonds. The van der Waals surface area contributed by atoms with E-state index in [4.69, 9.17) is 0 Å². The van der Waals surface area contributed by atoms with Crippen LogP contribution in [0.15, 0.2) is 18.2 Å². The van der Waals surface area contributed by atoms with Crippen molar-refractivity contribution in [3.8, 4) is 0 Å². The van der Waals surface area contributed by atoms with Crippen molar-refractivity contribution < 1.29 is 0 Å². The van der Waals surface area contributed by atoms with E-state index in [0.29, 0.717) is 5.41 Å². The van der Waals surface area contributed by atoms with E-state index in [0.717, 1.165) is 11.8 Å². The number of aryl methyl sites for hydroxylation is 1. The smallest absolute Gasteiger partial charge is 0.00979 e. The van der Waals surface area contributed by atoms with E-state index < -0.39 is 0 Å². The van der Waals surface area contributed by atoms with Gasteiger partial charge < -0.3 is 0 Å². The average Bonchev–Trinajstić information content (AvgIpc) is 2.81. The van der Waals surface area contributed by atoms with Crippen LogP contribution in [0.1, 0.15) is 49.3 Å². The number of benzene rings is 1. The second-order valence-corrected chi connectivity index (χ2v) is 5.78. The maximum atomic E-state index is 2.42. The summed E-state index contributed by atoms with van der Waals surface area (Å²) in [5.41, 5.74) is 5.11. The Morgan fingerprint density at radius 1 is 1.29 bits per heavy atom. The Morgan fingerprint density at radius 3 is 2.86 bits per heavy atom. The molecule has 1 aromatic rings. The van der Waals surface area contributed by atoms with Crippen LogP contribution in [0.2, 0.25) is 0 Å². The summed E-state index contributed by atoms with van der Waals surface area (Å²) in [5.74, 6) is 1.91. The van der Waals surface area contributed by atoms with Gasteiger partial charge in [0.2, 0.25) is 0 Å². The van der Waals surface area contributed by atoms with Gasteiger partial charge in [0.25, 0.3) is 0 Å². The topological polar surface area (TPSA) is 0 Å². The van der Waals surface area contributed by atoms with E-state index in [1.165, 1.54) is 18.4 Å². The fraction of sp³-hybridized carbons (Fsp3) is 0.571. The summed E-state index contributed by atoms with van der Waals surface area (Å²) in [6.07, 6.45) is 2.84. The molecular formula is C14H18. The summed E-state index contributed by atoms with van der Waals surface area (Å²) in [5, 5.41) is 0. The summed E-state index contributed by atoms with van der Waals surface area (Å²) < 4.78 is 0. The Labute approximate surface area is 86.3 Å². The summed E-state index contributed by atoms with van der Waals surface area (Å²) >= 11 is 0. The largest absolute Gasteiger partial charge is 0.0590 e. The maximum Gasteiger partial charge on any atom is -0.00979 e. The zero-order valence-electron chi connectivity index (χ0n) is 9.30. The Balaban J connectivity index is 2.19. The predicted molar refractivity (Wildman–Crippen MR) is 59.7 cm³/mol. The van der Waals surface area contributed by atoms with Gasteiger partial charge in [-0.15, -0.1) is 0 Å². The molecule has 1 saturated carbocycles. The van der Waals surface area contributed by atoms with E-state index in [9.17, 15) is 0 Å². The zero-order chi connectivity index (χ0) is 9.92. The summed E-state index contributed by atoms with van der Waals surface area (Å²) in [4.78, 5) is 0. The van der Waals surface area contributed by atoms with Crippen LogP contribution in [0.5, 0.6) is 0 Å². The molecule has 0 bridgehead atoms. The van der Waals surface area contributed by atoms with Crippen LogP contribution in [0.3, 0.4) is 0 Å². The molecule has 0 spiro atoms. The van der Waals surface area contributed by atoms with Gasteiger partial charge in [0.15, 0.2) is 0 Å². The van der Waals surface area contributed by atoms with E-state index >= 15 is 0 Å². The number of hydrogen-bond donors (Lipinski definition) is 0. The minimum Gasteiger partial charge on any atom is -0.0590 e. The second-order valence-electron chi connectivity index (χ2n) is 5.78. The van der Waals surface area contributed by atoms with Gasteiger partial charge in [-0.1, -0.05) is 37.6 Å². The molecule has 2 aliphatic rings. The monoisotopic (exact) mass is 186 g/mol. The molecule has 0 saturated heterocycles. The highest BCUT2D eigenvalue weighted by atomic mass is 14.5. The van der Waals surface area contributed by atoms with E-state index in [-0.39, 0.29) is 0 Å². The third kappa shape index (κ3) is 1.06. The first-order valence-electron chi connectivity index (χ1n) is 5.69. The van der Waals surface area contributed by atoms with Crippen LogP contribution in [0.4, 0.5) is 0 Å². The second kappa shape index (κ2) is 2.42. The van der Waals surface area contributed by atoms with Crippen molar-refractivity contribution in [1.82, 2.24) is 0 Å². The Hall–Kier alpha value is -0.780. The molecule has 3 rings (SSSR count). The minimum atomic E-state index is 0.417. The number of hydrogen-bond acceptors (Lipinski definition) is 0. The van der Waals surface area contributed by atoms with Gasteiger partial charge in [0.1, 0.15) is 0 Å². The highest BCUT2D eigenvalue weighted by molar-refractivity contribution is 5.44. The highest BCUT2D eigenvalue weighted by Crippen LogP contribution is 2.59. The first-order chi connectivity index (χ1) is 6.58. The zero-order valence-corrected chi connectivity index (χ0v) is 9.30. The lowest BCUT2D eigenvalue weighted by molar-refractivity contribution is 0.420. The molecule has 2 aliphatic carbocycles. The molecule has 14 heavy (non-hydrogen) atoms. The maximum absolute atomic E-state index is 2.42. The van der Waals surface area contributed by atoms with E-state index in [1.54, 1.807) is 11.1 Å². The minimum absolute atomic E-state index is 0.417. The van der Waals surface area contributed by atoms with Crippen LogP contribution in [-0.2, 0) is 5.41 Å². The lowest BCUT2D eigenvalue weighted by atomic mass is 9.72. The fourth-order valence-corrected chi connectivity index (χ4v) is 3.22. The lowest BCUT2D eigenvalue weighted by Crippen LogP contribution is -2.23. The van der Waals surface area contributed by atoms with Crippen molar-refractivity contribution in [2.45, 2.75) is 44.9 Å². The van der Waals surface area contributed by atoms with Gasteiger partial charge in [0.05, 0.1) is 0 Å². The van der Waals surface area contributed by atoms with Gasteiger partial charge in [-0.25, -0.2) is 0 Å². The first-order valence-corrected chi connectivity index (χ1v) is 5.69. The lowest BCUT2D eigenvalue weighted by Gasteiger charge is -2.32. The molecule has 0 radical (unpaired) electrons. The highest BCUT2D eigenvalue weighted by Gasteiger charge is 2.48. The van der Waals surface area contributed by atoms with Crippen molar-refractivity contribution in [2.75, 3.05) is 0 Å². The normalized spacial score (nSPS) is 31.9. The number of rotatable bonds is 0. The van der Waals surface area contributed by atoms with Crippen molar-refractivity contribution >= 4 is 0 Å². The molecule has 2 unspecified atom stereocenters. The molecule has 74 valence electrons. The van der Waals surface area contributed by atoms with Crippen molar-refractivity contribution in [3.63, 3.8) is 0 Å². The SMILES string of the molecule is Cc1ccc2c(c1)C1CC1CC2(C)C. The summed E-state index contributed by atoms with van der Waals surface area (Å²) in [7, 11) is 0. The molecule has 0 aliphatic heterocycles. The quantitative estimate of drug-likeness (QED) is 0.578. The molecule has 0 aromatic heterocycles. The predicted octanol–water partition coefficient (Wildman–Crippen LogP) is 3.78. The molecular weight excluding hydrogens is 168 g/mol. The molecule has 0 N–H and O–H groups in total. The molecule has 1 aromatic carbocycles. The van der Waals surface area contributed by atoms with Crippen molar-refractivity contribution in [1.29, 1.82) is 0 Å². The van der Waals surface area contributed by atoms with Gasteiger partial charge in [-0.05, 0) is 48.1 Å². The Bertz CT molecular complexity index is 387. The standard InChI is InChI=1S/C14H18/c1-9-4-5-13-12(6-9)11-7-10(11)8-14(13,2)3/h4-6,10-11H,7-8H2,1-3H3. The third-order valence-corrected chi connectivity index (χ3v) is 4.03. The van der Waals surface area contributed by atoms with Gasteiger partial charge in [-0.2, -0.15) is 0 Å². The van der Waals surface area contributed by atoms with Crippen LogP contribution in [0.25, 0.3) is 0 Å². The Morgan fingerprint density at radius 2 is 2.07 bits per heavy atom. The summed E-state index contributed by atoms with van der Waals surface area (Å²) in [6.45, 7) is 7.00. The first kappa shape index (κ1) is 8.52. The van der Waals surface area contributed by atoms with E-state index in [1.807, 2.05) is 0 Å². The van der Waals surface area contributed by atoms with Gasteiger partial charge in [-0.3, -0.25) is 0 Å².